The van der Waals surface area contributed by atoms with Crippen molar-refractivity contribution in [3.63, 3.8) is 0 Å². The Hall–Kier alpha value is -1.59. The van der Waals surface area contributed by atoms with Crippen LogP contribution in [0.5, 0.6) is 0 Å². The lowest BCUT2D eigenvalue weighted by Gasteiger charge is -2.19. The number of rotatable bonds is 4. The molecule has 102 valence electrons. The molecule has 0 spiro atoms. The molecule has 0 bridgehead atoms. The highest BCUT2D eigenvalue weighted by Crippen LogP contribution is 2.33. The number of anilines is 1. The summed E-state index contributed by atoms with van der Waals surface area (Å²) in [5.41, 5.74) is 6.32. The monoisotopic (exact) mass is 281 g/mol. The van der Waals surface area contributed by atoms with Crippen molar-refractivity contribution in [2.75, 3.05) is 12.3 Å². The van der Waals surface area contributed by atoms with Gasteiger partial charge in [0.25, 0.3) is 5.89 Å². The van der Waals surface area contributed by atoms with Gasteiger partial charge in [-0.3, -0.25) is 0 Å². The first-order valence-corrected chi connectivity index (χ1v) is 6.36. The zero-order valence-electron chi connectivity index (χ0n) is 11.1. The number of halogens is 1. The second kappa shape index (κ2) is 5.19. The van der Waals surface area contributed by atoms with Crippen LogP contribution in [0, 0.1) is 0 Å². The van der Waals surface area contributed by atoms with Crippen LogP contribution in [0.25, 0.3) is 11.5 Å². The van der Waals surface area contributed by atoms with Crippen LogP contribution in [0.1, 0.15) is 26.6 Å². The minimum Gasteiger partial charge on any atom is -0.398 e. The van der Waals surface area contributed by atoms with Gasteiger partial charge in [0, 0.05) is 12.3 Å². The third-order valence-corrected chi connectivity index (χ3v) is 3.04. The smallest absolute Gasteiger partial charge is 0.261 e. The fraction of sp³-hybridized carbons (Fsp3) is 0.385. The lowest BCUT2D eigenvalue weighted by molar-refractivity contribution is -0.0221. The van der Waals surface area contributed by atoms with Crippen LogP contribution in [-0.2, 0) is 10.3 Å². The van der Waals surface area contributed by atoms with Crippen molar-refractivity contribution in [3.8, 4) is 11.5 Å². The summed E-state index contributed by atoms with van der Waals surface area (Å²) in [6, 6.07) is 5.23. The Bertz CT molecular complexity index is 561. The molecule has 0 aliphatic carbocycles. The molecule has 2 rings (SSSR count). The average Bonchev–Trinajstić information content (AvgIpc) is 2.78. The van der Waals surface area contributed by atoms with Crippen molar-refractivity contribution < 1.29 is 9.26 Å². The first kappa shape index (κ1) is 13.8. The first-order chi connectivity index (χ1) is 8.95. The predicted octanol–water partition coefficient (Wildman–Crippen LogP) is 3.24. The van der Waals surface area contributed by atoms with Gasteiger partial charge < -0.3 is 15.0 Å². The van der Waals surface area contributed by atoms with Gasteiger partial charge in [0.1, 0.15) is 5.60 Å². The Kier molecular flexibility index (Phi) is 3.78. The summed E-state index contributed by atoms with van der Waals surface area (Å²) >= 11 is 6.11. The summed E-state index contributed by atoms with van der Waals surface area (Å²) in [6.45, 7) is 6.22. The van der Waals surface area contributed by atoms with E-state index in [2.05, 4.69) is 10.1 Å². The molecule has 5 nitrogen and oxygen atoms in total. The topological polar surface area (TPSA) is 74.2 Å². The third kappa shape index (κ3) is 2.72. The third-order valence-electron chi connectivity index (χ3n) is 2.73. The maximum Gasteiger partial charge on any atom is 0.261 e. The maximum absolute atomic E-state index is 6.11. The van der Waals surface area contributed by atoms with Crippen molar-refractivity contribution >= 4 is 17.3 Å². The number of nitrogens with zero attached hydrogens (tertiary/aromatic N) is 2. The van der Waals surface area contributed by atoms with Gasteiger partial charge in [0.05, 0.1) is 10.6 Å². The van der Waals surface area contributed by atoms with Gasteiger partial charge in [0.2, 0.25) is 5.82 Å². The van der Waals surface area contributed by atoms with E-state index in [0.29, 0.717) is 34.6 Å². The van der Waals surface area contributed by atoms with E-state index in [1.165, 1.54) is 0 Å². The molecular formula is C13H16ClN3O2. The quantitative estimate of drug-likeness (QED) is 0.871. The highest BCUT2D eigenvalue weighted by atomic mass is 35.5. The summed E-state index contributed by atoms with van der Waals surface area (Å²) < 4.78 is 10.8. The molecule has 2 N–H and O–H groups in total. The SMILES string of the molecule is CCOC(C)(C)c1noc(-c2c(N)cccc2Cl)n1. The molecule has 19 heavy (non-hydrogen) atoms. The molecule has 6 heteroatoms. The van der Waals surface area contributed by atoms with E-state index in [1.807, 2.05) is 20.8 Å². The van der Waals surface area contributed by atoms with Crippen molar-refractivity contribution in [1.82, 2.24) is 10.1 Å². The number of ether oxygens (including phenoxy) is 1. The highest BCUT2D eigenvalue weighted by Gasteiger charge is 2.28. The molecule has 0 unspecified atom stereocenters. The largest absolute Gasteiger partial charge is 0.398 e. The van der Waals surface area contributed by atoms with Crippen LogP contribution in [-0.4, -0.2) is 16.7 Å². The predicted molar refractivity (Wildman–Crippen MR) is 73.8 cm³/mol. The van der Waals surface area contributed by atoms with Crippen LogP contribution in [0.2, 0.25) is 5.02 Å². The van der Waals surface area contributed by atoms with E-state index in [4.69, 9.17) is 26.6 Å². The molecule has 0 aliphatic heterocycles. The van der Waals surface area contributed by atoms with Gasteiger partial charge in [-0.2, -0.15) is 4.98 Å². The summed E-state index contributed by atoms with van der Waals surface area (Å²) in [5.74, 6) is 0.759. The van der Waals surface area contributed by atoms with Crippen molar-refractivity contribution in [2.45, 2.75) is 26.4 Å². The molecule has 0 aliphatic rings. The summed E-state index contributed by atoms with van der Waals surface area (Å²) in [6.07, 6.45) is 0. The molecule has 0 radical (unpaired) electrons. The molecular weight excluding hydrogens is 266 g/mol. The van der Waals surface area contributed by atoms with Crippen molar-refractivity contribution in [3.05, 3.63) is 29.0 Å². The Morgan fingerprint density at radius 1 is 1.42 bits per heavy atom. The molecule has 0 saturated heterocycles. The van der Waals surface area contributed by atoms with Gasteiger partial charge in [0.15, 0.2) is 0 Å². The van der Waals surface area contributed by atoms with Gasteiger partial charge in [-0.25, -0.2) is 0 Å². The highest BCUT2D eigenvalue weighted by molar-refractivity contribution is 6.33. The van der Waals surface area contributed by atoms with Gasteiger partial charge >= 0.3 is 0 Å². The van der Waals surface area contributed by atoms with Gasteiger partial charge in [-0.1, -0.05) is 22.8 Å². The van der Waals surface area contributed by atoms with Gasteiger partial charge in [-0.15, -0.1) is 0 Å². The molecule has 1 heterocycles. The van der Waals surface area contributed by atoms with Crippen LogP contribution in [0.3, 0.4) is 0 Å². The fourth-order valence-electron chi connectivity index (χ4n) is 1.76. The number of aromatic nitrogens is 2. The van der Waals surface area contributed by atoms with E-state index in [1.54, 1.807) is 18.2 Å². The molecule has 0 fully saturated rings. The second-order valence-corrected chi connectivity index (χ2v) is 4.98. The van der Waals surface area contributed by atoms with E-state index in [9.17, 15) is 0 Å². The van der Waals surface area contributed by atoms with Crippen LogP contribution < -0.4 is 5.73 Å². The van der Waals surface area contributed by atoms with Crippen LogP contribution in [0.4, 0.5) is 5.69 Å². The van der Waals surface area contributed by atoms with E-state index in [-0.39, 0.29) is 0 Å². The first-order valence-electron chi connectivity index (χ1n) is 5.98. The normalized spacial score (nSPS) is 11.8. The lowest BCUT2D eigenvalue weighted by Crippen LogP contribution is -2.23. The summed E-state index contributed by atoms with van der Waals surface area (Å²) in [4.78, 5) is 4.33. The number of nitrogen functional groups attached to an aromatic ring is 1. The number of hydrogen-bond acceptors (Lipinski definition) is 5. The van der Waals surface area contributed by atoms with E-state index < -0.39 is 5.60 Å². The van der Waals surface area contributed by atoms with E-state index in [0.717, 1.165) is 0 Å². The molecule has 0 saturated carbocycles. The lowest BCUT2D eigenvalue weighted by atomic mass is 10.1. The Morgan fingerprint density at radius 3 is 2.79 bits per heavy atom. The van der Waals surface area contributed by atoms with Crippen LogP contribution in [0.15, 0.2) is 22.7 Å². The fourth-order valence-corrected chi connectivity index (χ4v) is 2.02. The Balaban J connectivity index is 2.42. The zero-order chi connectivity index (χ0) is 14.0. The van der Waals surface area contributed by atoms with Crippen LogP contribution >= 0.6 is 11.6 Å². The average molecular weight is 282 g/mol. The number of hydrogen-bond donors (Lipinski definition) is 1. The summed E-state index contributed by atoms with van der Waals surface area (Å²) in [7, 11) is 0. The van der Waals surface area contributed by atoms with E-state index >= 15 is 0 Å². The number of benzene rings is 1. The second-order valence-electron chi connectivity index (χ2n) is 4.57. The molecule has 1 aromatic heterocycles. The zero-order valence-corrected chi connectivity index (χ0v) is 11.9. The maximum atomic E-state index is 6.11. The minimum absolute atomic E-state index is 0.297. The van der Waals surface area contributed by atoms with Gasteiger partial charge in [-0.05, 0) is 32.9 Å². The van der Waals surface area contributed by atoms with Crippen molar-refractivity contribution in [1.29, 1.82) is 0 Å². The summed E-state index contributed by atoms with van der Waals surface area (Å²) in [5, 5.41) is 4.42. The Labute approximate surface area is 116 Å². The van der Waals surface area contributed by atoms with Crippen molar-refractivity contribution in [2.24, 2.45) is 0 Å². The molecule has 0 amide bonds. The molecule has 1 aromatic carbocycles. The Morgan fingerprint density at radius 2 is 2.16 bits per heavy atom. The minimum atomic E-state index is -0.619. The standard InChI is InChI=1S/C13H16ClN3O2/c1-4-18-13(2,3)12-16-11(19-17-12)10-8(14)6-5-7-9(10)15/h5-7H,4,15H2,1-3H3. The molecule has 0 atom stereocenters. The number of nitrogens with two attached hydrogens (primary N) is 1. The molecule has 2 aromatic rings.